The number of hydrogen-bond donors (Lipinski definition) is 1. The lowest BCUT2D eigenvalue weighted by Gasteiger charge is -2.36. The molecule has 1 nitrogen and oxygen atoms in total. The van der Waals surface area contributed by atoms with Gasteiger partial charge in [0.2, 0.25) is 0 Å². The highest BCUT2D eigenvalue weighted by atomic mass is 19.1. The van der Waals surface area contributed by atoms with Crippen LogP contribution in [0, 0.1) is 0 Å². The summed E-state index contributed by atoms with van der Waals surface area (Å²) in [5, 5.41) is 3.00. The van der Waals surface area contributed by atoms with Crippen LogP contribution in [0.4, 0.5) is 4.39 Å². The monoisotopic (exact) mass is 205 g/mol. The van der Waals surface area contributed by atoms with Crippen LogP contribution < -0.4 is 5.32 Å². The van der Waals surface area contributed by atoms with E-state index in [0.717, 1.165) is 5.56 Å². The molecule has 2 heteroatoms. The van der Waals surface area contributed by atoms with Gasteiger partial charge in [-0.05, 0) is 29.9 Å². The third-order valence-corrected chi connectivity index (χ3v) is 3.79. The molecule has 0 amide bonds. The standard InChI is InChI=1S/C13H16FN/c14-13(8-15-9-13)12-6-2-5-11(7-12)10-3-1-4-10/h2,5-7,10,15H,1,3-4,8-9H2. The number of nitrogens with one attached hydrogen (secondary N) is 1. The molecule has 0 spiro atoms. The van der Waals surface area contributed by atoms with E-state index in [-0.39, 0.29) is 0 Å². The molecule has 0 atom stereocenters. The summed E-state index contributed by atoms with van der Waals surface area (Å²) in [6, 6.07) is 8.14. The third-order valence-electron chi connectivity index (χ3n) is 3.79. The minimum Gasteiger partial charge on any atom is -0.310 e. The Hall–Kier alpha value is -0.890. The van der Waals surface area contributed by atoms with E-state index < -0.39 is 5.67 Å². The van der Waals surface area contributed by atoms with Crippen molar-refractivity contribution in [3.05, 3.63) is 35.4 Å². The highest BCUT2D eigenvalue weighted by molar-refractivity contribution is 5.33. The Morgan fingerprint density at radius 1 is 1.27 bits per heavy atom. The van der Waals surface area contributed by atoms with Crippen LogP contribution in [0.5, 0.6) is 0 Å². The molecule has 2 aliphatic rings. The van der Waals surface area contributed by atoms with Crippen LogP contribution in [0.2, 0.25) is 0 Å². The Morgan fingerprint density at radius 3 is 2.60 bits per heavy atom. The van der Waals surface area contributed by atoms with Crippen molar-refractivity contribution in [1.29, 1.82) is 0 Å². The number of hydrogen-bond acceptors (Lipinski definition) is 1. The van der Waals surface area contributed by atoms with Crippen molar-refractivity contribution in [2.75, 3.05) is 13.1 Å². The number of halogens is 1. The van der Waals surface area contributed by atoms with Crippen molar-refractivity contribution in [3.8, 4) is 0 Å². The van der Waals surface area contributed by atoms with Crippen molar-refractivity contribution in [2.45, 2.75) is 30.8 Å². The van der Waals surface area contributed by atoms with Gasteiger partial charge in [-0.15, -0.1) is 0 Å². The topological polar surface area (TPSA) is 12.0 Å². The van der Waals surface area contributed by atoms with E-state index in [4.69, 9.17) is 0 Å². The van der Waals surface area contributed by atoms with Crippen molar-refractivity contribution in [1.82, 2.24) is 5.32 Å². The second-order valence-electron chi connectivity index (χ2n) is 4.82. The Bertz CT molecular complexity index is 367. The second-order valence-corrected chi connectivity index (χ2v) is 4.82. The molecular formula is C13H16FN. The molecule has 80 valence electrons. The van der Waals surface area contributed by atoms with Crippen LogP contribution in [-0.4, -0.2) is 13.1 Å². The molecule has 1 aliphatic heterocycles. The average molecular weight is 205 g/mol. The van der Waals surface area contributed by atoms with Crippen LogP contribution in [0.15, 0.2) is 24.3 Å². The zero-order valence-electron chi connectivity index (χ0n) is 8.80. The Balaban J connectivity index is 1.88. The lowest BCUT2D eigenvalue weighted by Crippen LogP contribution is -2.53. The Kier molecular flexibility index (Phi) is 2.06. The summed E-state index contributed by atoms with van der Waals surface area (Å²) >= 11 is 0. The van der Waals surface area contributed by atoms with Gasteiger partial charge in [0.25, 0.3) is 0 Å². The van der Waals surface area contributed by atoms with Gasteiger partial charge in [-0.3, -0.25) is 0 Å². The molecule has 1 saturated heterocycles. The van der Waals surface area contributed by atoms with Crippen molar-refractivity contribution < 1.29 is 4.39 Å². The van der Waals surface area contributed by atoms with Gasteiger partial charge in [0.05, 0.1) is 0 Å². The van der Waals surface area contributed by atoms with Crippen molar-refractivity contribution in [2.24, 2.45) is 0 Å². The maximum atomic E-state index is 14.1. The summed E-state index contributed by atoms with van der Waals surface area (Å²) in [5.41, 5.74) is 1.10. The van der Waals surface area contributed by atoms with E-state index in [2.05, 4.69) is 17.4 Å². The first-order valence-electron chi connectivity index (χ1n) is 5.78. The first-order chi connectivity index (χ1) is 7.28. The lowest BCUT2D eigenvalue weighted by atomic mass is 9.78. The zero-order valence-corrected chi connectivity index (χ0v) is 8.80. The summed E-state index contributed by atoms with van der Waals surface area (Å²) in [4.78, 5) is 0. The lowest BCUT2D eigenvalue weighted by molar-refractivity contribution is 0.0890. The van der Waals surface area contributed by atoms with Crippen LogP contribution in [0.3, 0.4) is 0 Å². The summed E-state index contributed by atoms with van der Waals surface area (Å²) < 4.78 is 14.1. The predicted octanol–water partition coefficient (Wildman–Crippen LogP) is 2.72. The van der Waals surface area contributed by atoms with Gasteiger partial charge in [0, 0.05) is 13.1 Å². The van der Waals surface area contributed by atoms with E-state index >= 15 is 0 Å². The molecule has 1 heterocycles. The Morgan fingerprint density at radius 2 is 2.07 bits per heavy atom. The summed E-state index contributed by atoms with van der Waals surface area (Å²) in [6.45, 7) is 0.947. The number of rotatable bonds is 2. The molecule has 1 aromatic carbocycles. The summed E-state index contributed by atoms with van der Waals surface area (Å²) in [5.74, 6) is 0.696. The van der Waals surface area contributed by atoms with E-state index in [1.807, 2.05) is 12.1 Å². The van der Waals surface area contributed by atoms with E-state index in [0.29, 0.717) is 19.0 Å². The number of benzene rings is 1. The molecule has 1 saturated carbocycles. The zero-order chi connectivity index (χ0) is 10.3. The molecule has 1 aliphatic carbocycles. The van der Waals surface area contributed by atoms with Gasteiger partial charge in [-0.25, -0.2) is 4.39 Å². The molecule has 1 N–H and O–H groups in total. The normalized spacial score (nSPS) is 24.3. The summed E-state index contributed by atoms with van der Waals surface area (Å²) in [6.07, 6.45) is 3.89. The van der Waals surface area contributed by atoms with Gasteiger partial charge >= 0.3 is 0 Å². The van der Waals surface area contributed by atoms with Crippen LogP contribution in [0.25, 0.3) is 0 Å². The maximum Gasteiger partial charge on any atom is 0.160 e. The van der Waals surface area contributed by atoms with Gasteiger partial charge in [-0.2, -0.15) is 0 Å². The maximum absolute atomic E-state index is 14.1. The smallest absolute Gasteiger partial charge is 0.160 e. The van der Waals surface area contributed by atoms with Gasteiger partial charge in [-0.1, -0.05) is 30.7 Å². The fourth-order valence-electron chi connectivity index (χ4n) is 2.36. The largest absolute Gasteiger partial charge is 0.310 e. The highest BCUT2D eigenvalue weighted by Crippen LogP contribution is 2.38. The molecule has 0 radical (unpaired) electrons. The molecule has 15 heavy (non-hydrogen) atoms. The Labute approximate surface area is 89.7 Å². The fraction of sp³-hybridized carbons (Fsp3) is 0.538. The molecule has 3 rings (SSSR count). The van der Waals surface area contributed by atoms with E-state index in [1.54, 1.807) is 0 Å². The van der Waals surface area contributed by atoms with Crippen LogP contribution in [0.1, 0.15) is 36.3 Å². The molecular weight excluding hydrogens is 189 g/mol. The van der Waals surface area contributed by atoms with E-state index in [1.165, 1.54) is 24.8 Å². The molecule has 2 fully saturated rings. The quantitative estimate of drug-likeness (QED) is 0.782. The van der Waals surface area contributed by atoms with Crippen molar-refractivity contribution in [3.63, 3.8) is 0 Å². The van der Waals surface area contributed by atoms with Gasteiger partial charge in [0.15, 0.2) is 5.67 Å². The molecule has 0 aromatic heterocycles. The molecule has 0 bridgehead atoms. The third kappa shape index (κ3) is 1.48. The minimum atomic E-state index is -1.10. The van der Waals surface area contributed by atoms with Crippen molar-refractivity contribution >= 4 is 0 Å². The predicted molar refractivity (Wildman–Crippen MR) is 58.7 cm³/mol. The average Bonchev–Trinajstić information content (AvgIpc) is 2.12. The van der Waals surface area contributed by atoms with Crippen LogP contribution in [-0.2, 0) is 5.67 Å². The SMILES string of the molecule is FC1(c2cccc(C3CCC3)c2)CNC1. The first kappa shape index (κ1) is 9.34. The molecule has 0 unspecified atom stereocenters. The summed E-state index contributed by atoms with van der Waals surface area (Å²) in [7, 11) is 0. The van der Waals surface area contributed by atoms with Gasteiger partial charge in [0.1, 0.15) is 0 Å². The second kappa shape index (κ2) is 3.31. The first-order valence-corrected chi connectivity index (χ1v) is 5.78. The minimum absolute atomic E-state index is 0.473. The van der Waals surface area contributed by atoms with Gasteiger partial charge < -0.3 is 5.32 Å². The highest BCUT2D eigenvalue weighted by Gasteiger charge is 2.39. The van der Waals surface area contributed by atoms with E-state index in [9.17, 15) is 4.39 Å². The number of alkyl halides is 1. The fourth-order valence-corrected chi connectivity index (χ4v) is 2.36. The molecule has 1 aromatic rings. The van der Waals surface area contributed by atoms with Crippen LogP contribution >= 0.6 is 0 Å².